The highest BCUT2D eigenvalue weighted by Gasteiger charge is 2.34. The average Bonchev–Trinajstić information content (AvgIpc) is 3.31. The van der Waals surface area contributed by atoms with Crippen LogP contribution in [-0.4, -0.2) is 38.2 Å². The van der Waals surface area contributed by atoms with Crippen molar-refractivity contribution in [3.63, 3.8) is 0 Å². The van der Waals surface area contributed by atoms with Gasteiger partial charge in [0.05, 0.1) is 20.3 Å². The highest BCUT2D eigenvalue weighted by atomic mass is 32.1. The third kappa shape index (κ3) is 3.87. The van der Waals surface area contributed by atoms with E-state index < -0.39 is 0 Å². The van der Waals surface area contributed by atoms with Gasteiger partial charge in [0.1, 0.15) is 5.75 Å². The Morgan fingerprint density at radius 1 is 1.07 bits per heavy atom. The lowest BCUT2D eigenvalue weighted by atomic mass is 9.90. The third-order valence-electron chi connectivity index (χ3n) is 5.45. The first-order valence-electron chi connectivity index (χ1n) is 9.88. The highest BCUT2D eigenvalue weighted by Crippen LogP contribution is 2.42. The fourth-order valence-electron chi connectivity index (χ4n) is 3.91. The molecule has 1 aliphatic rings. The van der Waals surface area contributed by atoms with Gasteiger partial charge in [-0.2, -0.15) is 0 Å². The molecule has 5 nitrogen and oxygen atoms in total. The summed E-state index contributed by atoms with van der Waals surface area (Å²) in [6.07, 6.45) is 0.758. The molecule has 4 rings (SSSR count). The van der Waals surface area contributed by atoms with Crippen molar-refractivity contribution in [3.8, 4) is 17.2 Å². The zero-order chi connectivity index (χ0) is 21.1. The number of benzene rings is 2. The molecule has 0 unspecified atom stereocenters. The maximum atomic E-state index is 13.2. The summed E-state index contributed by atoms with van der Waals surface area (Å²) in [4.78, 5) is 16.3. The number of ether oxygens (including phenoxy) is 3. The molecule has 1 aromatic heterocycles. The van der Waals surface area contributed by atoms with Gasteiger partial charge >= 0.3 is 0 Å². The zero-order valence-electron chi connectivity index (χ0n) is 17.4. The first kappa shape index (κ1) is 20.3. The van der Waals surface area contributed by atoms with E-state index in [0.29, 0.717) is 18.0 Å². The van der Waals surface area contributed by atoms with Crippen LogP contribution in [0.2, 0.25) is 0 Å². The number of hydrogen-bond donors (Lipinski definition) is 0. The maximum Gasteiger partial charge on any atom is 0.261 e. The van der Waals surface area contributed by atoms with Gasteiger partial charge in [0, 0.05) is 11.4 Å². The minimum absolute atomic E-state index is 0.00928. The molecule has 0 saturated carbocycles. The van der Waals surface area contributed by atoms with E-state index in [4.69, 9.17) is 14.2 Å². The van der Waals surface area contributed by atoms with Crippen LogP contribution in [0.25, 0.3) is 0 Å². The Labute approximate surface area is 180 Å². The standard InChI is InChI=1S/C24H25NO4S/c1-16-7-4-5-8-19(16)29-15-23(26)25-11-10-17-13-20(27-2)21(28-3)14-18(17)24(25)22-9-6-12-30-22/h4-9,12-14,24H,10-11,15H2,1-3H3/t24-/m1/s1. The zero-order valence-corrected chi connectivity index (χ0v) is 18.2. The van der Waals surface area contributed by atoms with Crippen molar-refractivity contribution >= 4 is 17.2 Å². The molecule has 156 valence electrons. The van der Waals surface area contributed by atoms with Gasteiger partial charge in [-0.3, -0.25) is 4.79 Å². The molecule has 0 radical (unpaired) electrons. The molecule has 1 amide bonds. The van der Waals surface area contributed by atoms with Crippen LogP contribution >= 0.6 is 11.3 Å². The van der Waals surface area contributed by atoms with E-state index in [1.165, 1.54) is 5.56 Å². The fourth-order valence-corrected chi connectivity index (χ4v) is 4.76. The van der Waals surface area contributed by atoms with Gasteiger partial charge in [-0.1, -0.05) is 24.3 Å². The smallest absolute Gasteiger partial charge is 0.261 e. The monoisotopic (exact) mass is 423 g/mol. The minimum Gasteiger partial charge on any atom is -0.493 e. The summed E-state index contributed by atoms with van der Waals surface area (Å²) in [5.74, 6) is 2.09. The first-order valence-corrected chi connectivity index (χ1v) is 10.8. The fraction of sp³-hybridized carbons (Fsp3) is 0.292. The van der Waals surface area contributed by atoms with Gasteiger partial charge in [0.25, 0.3) is 5.91 Å². The summed E-state index contributed by atoms with van der Waals surface area (Å²) in [7, 11) is 3.27. The molecule has 0 aliphatic carbocycles. The summed E-state index contributed by atoms with van der Waals surface area (Å²) < 4.78 is 16.9. The molecule has 0 N–H and O–H groups in total. The van der Waals surface area contributed by atoms with Crippen LogP contribution in [0.3, 0.4) is 0 Å². The van der Waals surface area contributed by atoms with E-state index in [1.807, 2.05) is 59.7 Å². The minimum atomic E-state index is -0.165. The Kier molecular flexibility index (Phi) is 5.95. The quantitative estimate of drug-likeness (QED) is 0.580. The molecule has 0 saturated heterocycles. The second-order valence-electron chi connectivity index (χ2n) is 7.22. The topological polar surface area (TPSA) is 48.0 Å². The second kappa shape index (κ2) is 8.79. The van der Waals surface area contributed by atoms with E-state index in [2.05, 4.69) is 6.07 Å². The number of methoxy groups -OCH3 is 2. The summed E-state index contributed by atoms with van der Waals surface area (Å²) in [5.41, 5.74) is 3.27. The van der Waals surface area contributed by atoms with E-state index in [9.17, 15) is 4.79 Å². The highest BCUT2D eigenvalue weighted by molar-refractivity contribution is 7.10. The number of rotatable bonds is 6. The van der Waals surface area contributed by atoms with Crippen LogP contribution in [0.1, 0.15) is 27.6 Å². The van der Waals surface area contributed by atoms with Gasteiger partial charge in [0.2, 0.25) is 0 Å². The molecular weight excluding hydrogens is 398 g/mol. The Morgan fingerprint density at radius 3 is 2.53 bits per heavy atom. The van der Waals surface area contributed by atoms with Gasteiger partial charge in [0.15, 0.2) is 18.1 Å². The van der Waals surface area contributed by atoms with Crippen molar-refractivity contribution in [3.05, 3.63) is 75.5 Å². The predicted octanol–water partition coefficient (Wildman–Crippen LogP) is 4.63. The summed E-state index contributed by atoms with van der Waals surface area (Å²) in [6, 6.07) is 15.7. The van der Waals surface area contributed by atoms with Crippen molar-refractivity contribution in [2.75, 3.05) is 27.4 Å². The summed E-state index contributed by atoms with van der Waals surface area (Å²) in [5, 5.41) is 2.04. The summed E-state index contributed by atoms with van der Waals surface area (Å²) >= 11 is 1.65. The van der Waals surface area contributed by atoms with Gasteiger partial charge < -0.3 is 19.1 Å². The molecule has 1 aliphatic heterocycles. The van der Waals surface area contributed by atoms with Crippen molar-refractivity contribution in [1.29, 1.82) is 0 Å². The molecule has 0 fully saturated rings. The molecular formula is C24H25NO4S. The van der Waals surface area contributed by atoms with Crippen molar-refractivity contribution in [2.45, 2.75) is 19.4 Å². The number of fused-ring (bicyclic) bond motifs is 1. The van der Waals surface area contributed by atoms with Crippen LogP contribution in [-0.2, 0) is 11.2 Å². The lowest BCUT2D eigenvalue weighted by Crippen LogP contribution is -2.42. The molecule has 0 spiro atoms. The van der Waals surface area contributed by atoms with Crippen molar-refractivity contribution in [1.82, 2.24) is 4.90 Å². The van der Waals surface area contributed by atoms with Crippen LogP contribution in [0, 0.1) is 6.92 Å². The SMILES string of the molecule is COc1cc2c(cc1OC)[C@H](c1cccs1)N(C(=O)COc1ccccc1C)CC2. The Bertz CT molecular complexity index is 1030. The normalized spacial score (nSPS) is 15.4. The number of carbonyl (C=O) groups excluding carboxylic acids is 1. The Balaban J connectivity index is 1.65. The lowest BCUT2D eigenvalue weighted by molar-refractivity contribution is -0.135. The molecule has 30 heavy (non-hydrogen) atoms. The van der Waals surface area contributed by atoms with Gasteiger partial charge in [-0.25, -0.2) is 0 Å². The maximum absolute atomic E-state index is 13.2. The Morgan fingerprint density at radius 2 is 1.83 bits per heavy atom. The third-order valence-corrected chi connectivity index (χ3v) is 6.38. The first-order chi connectivity index (χ1) is 14.6. The molecule has 2 aromatic carbocycles. The van der Waals surface area contributed by atoms with Crippen LogP contribution in [0.4, 0.5) is 0 Å². The Hall–Kier alpha value is -2.99. The number of aryl methyl sites for hydroxylation is 1. The molecule has 6 heteroatoms. The number of amides is 1. The number of carbonyl (C=O) groups is 1. The lowest BCUT2D eigenvalue weighted by Gasteiger charge is -2.37. The predicted molar refractivity (Wildman–Crippen MR) is 118 cm³/mol. The van der Waals surface area contributed by atoms with Gasteiger partial charge in [-0.15, -0.1) is 11.3 Å². The van der Waals surface area contributed by atoms with Crippen molar-refractivity contribution in [2.24, 2.45) is 0 Å². The van der Waals surface area contributed by atoms with Crippen LogP contribution < -0.4 is 14.2 Å². The second-order valence-corrected chi connectivity index (χ2v) is 8.19. The van der Waals surface area contributed by atoms with Crippen LogP contribution in [0.15, 0.2) is 53.9 Å². The van der Waals surface area contributed by atoms with E-state index >= 15 is 0 Å². The molecule has 1 atom stereocenters. The molecule has 0 bridgehead atoms. The van der Waals surface area contributed by atoms with Gasteiger partial charge in [-0.05, 0) is 59.7 Å². The summed E-state index contributed by atoms with van der Waals surface area (Å²) in [6.45, 7) is 2.61. The van der Waals surface area contributed by atoms with Crippen molar-refractivity contribution < 1.29 is 19.0 Å². The number of hydrogen-bond acceptors (Lipinski definition) is 5. The number of nitrogens with zero attached hydrogens (tertiary/aromatic N) is 1. The largest absolute Gasteiger partial charge is 0.493 e. The average molecular weight is 424 g/mol. The van der Waals surface area contributed by atoms with Crippen LogP contribution in [0.5, 0.6) is 17.2 Å². The van der Waals surface area contributed by atoms with E-state index in [-0.39, 0.29) is 18.6 Å². The molecule has 3 aromatic rings. The number of para-hydroxylation sites is 1. The van der Waals surface area contributed by atoms with E-state index in [0.717, 1.165) is 28.2 Å². The van der Waals surface area contributed by atoms with E-state index in [1.54, 1.807) is 25.6 Å². The molecule has 2 heterocycles. The number of thiophene rings is 1.